The van der Waals surface area contributed by atoms with Crippen LogP contribution in [-0.4, -0.2) is 10.9 Å². The summed E-state index contributed by atoms with van der Waals surface area (Å²) in [6.07, 6.45) is 0. The maximum atomic E-state index is 12.7. The summed E-state index contributed by atoms with van der Waals surface area (Å²) in [6.45, 7) is 3.86. The first-order valence-electron chi connectivity index (χ1n) is 5.22. The Morgan fingerprint density at radius 2 is 2.06 bits per heavy atom. The fourth-order valence-corrected chi connectivity index (χ4v) is 2.11. The molecule has 0 saturated carbocycles. The third-order valence-corrected chi connectivity index (χ3v) is 3.03. The summed E-state index contributed by atoms with van der Waals surface area (Å²) in [5, 5.41) is 3.25. The second kappa shape index (κ2) is 5.18. The molecule has 0 amide bonds. The molecule has 0 aliphatic rings. The van der Waals surface area contributed by atoms with Gasteiger partial charge in [0.25, 0.3) is 0 Å². The van der Waals surface area contributed by atoms with Gasteiger partial charge in [0.15, 0.2) is 0 Å². The summed E-state index contributed by atoms with van der Waals surface area (Å²) in [4.78, 5) is 1.20. The Balaban J connectivity index is 2.15. The topological polar surface area (TPSA) is 24.9 Å². The maximum absolute atomic E-state index is 12.7. The Morgan fingerprint density at radius 3 is 2.75 bits per heavy atom. The summed E-state index contributed by atoms with van der Waals surface area (Å²) < 4.78 is 17.1. The molecule has 0 bridgehead atoms. The summed E-state index contributed by atoms with van der Waals surface area (Å²) in [5.74, 6) is -0.216. The van der Waals surface area contributed by atoms with Crippen LogP contribution in [0.2, 0.25) is 0 Å². The second-order valence-corrected chi connectivity index (χ2v) is 4.36. The zero-order valence-corrected chi connectivity index (χ0v) is 9.85. The van der Waals surface area contributed by atoms with Crippen LogP contribution in [0.25, 0.3) is 11.3 Å². The Bertz CT molecular complexity index is 450. The van der Waals surface area contributed by atoms with E-state index in [1.165, 1.54) is 28.5 Å². The van der Waals surface area contributed by atoms with E-state index in [0.717, 1.165) is 24.3 Å². The number of nitrogens with zero attached hydrogens (tertiary/aromatic N) is 1. The van der Waals surface area contributed by atoms with Gasteiger partial charge in [0.2, 0.25) is 0 Å². The van der Waals surface area contributed by atoms with Crippen molar-refractivity contribution in [3.8, 4) is 11.3 Å². The zero-order valence-electron chi connectivity index (χ0n) is 9.03. The summed E-state index contributed by atoms with van der Waals surface area (Å²) in [7, 11) is 0. The molecule has 0 unspecified atom stereocenters. The smallest absolute Gasteiger partial charge is 0.123 e. The van der Waals surface area contributed by atoms with Crippen LogP contribution in [0, 0.1) is 5.82 Å². The second-order valence-electron chi connectivity index (χ2n) is 3.47. The number of hydrogen-bond donors (Lipinski definition) is 1. The van der Waals surface area contributed by atoms with E-state index in [1.54, 1.807) is 12.1 Å². The van der Waals surface area contributed by atoms with Gasteiger partial charge in [0.05, 0.1) is 5.69 Å². The zero-order chi connectivity index (χ0) is 11.4. The molecule has 2 rings (SSSR count). The largest absolute Gasteiger partial charge is 0.312 e. The van der Waals surface area contributed by atoms with E-state index in [1.807, 2.05) is 6.07 Å². The molecule has 1 aromatic carbocycles. The highest BCUT2D eigenvalue weighted by Gasteiger charge is 2.04. The minimum Gasteiger partial charge on any atom is -0.312 e. The number of halogens is 1. The maximum Gasteiger partial charge on any atom is 0.123 e. The fourth-order valence-electron chi connectivity index (χ4n) is 1.40. The molecular weight excluding hydrogens is 223 g/mol. The normalized spacial score (nSPS) is 10.6. The van der Waals surface area contributed by atoms with Crippen molar-refractivity contribution in [2.45, 2.75) is 13.5 Å². The first-order valence-corrected chi connectivity index (χ1v) is 5.99. The molecule has 0 atom stereocenters. The molecule has 0 saturated heterocycles. The highest BCUT2D eigenvalue weighted by Crippen LogP contribution is 2.21. The Morgan fingerprint density at radius 1 is 1.31 bits per heavy atom. The molecule has 0 radical (unpaired) electrons. The van der Waals surface area contributed by atoms with Crippen LogP contribution in [0.3, 0.4) is 0 Å². The van der Waals surface area contributed by atoms with Crippen molar-refractivity contribution in [3.05, 3.63) is 41.0 Å². The Labute approximate surface area is 98.3 Å². The van der Waals surface area contributed by atoms with Gasteiger partial charge >= 0.3 is 0 Å². The van der Waals surface area contributed by atoms with Crippen molar-refractivity contribution in [2.24, 2.45) is 0 Å². The molecule has 0 spiro atoms. The van der Waals surface area contributed by atoms with E-state index in [-0.39, 0.29) is 5.82 Å². The van der Waals surface area contributed by atoms with E-state index in [4.69, 9.17) is 0 Å². The van der Waals surface area contributed by atoms with Crippen LogP contribution >= 0.6 is 11.5 Å². The van der Waals surface area contributed by atoms with Crippen LogP contribution in [0.4, 0.5) is 4.39 Å². The molecular formula is C12H13FN2S. The lowest BCUT2D eigenvalue weighted by Crippen LogP contribution is -2.10. The van der Waals surface area contributed by atoms with Gasteiger partial charge in [0, 0.05) is 17.0 Å². The molecule has 0 aliphatic heterocycles. The van der Waals surface area contributed by atoms with E-state index in [9.17, 15) is 4.39 Å². The molecule has 1 heterocycles. The highest BCUT2D eigenvalue weighted by molar-refractivity contribution is 7.06. The van der Waals surface area contributed by atoms with Crippen molar-refractivity contribution >= 4 is 11.5 Å². The van der Waals surface area contributed by atoms with Gasteiger partial charge in [-0.3, -0.25) is 0 Å². The highest BCUT2D eigenvalue weighted by atomic mass is 32.1. The van der Waals surface area contributed by atoms with Crippen molar-refractivity contribution in [2.75, 3.05) is 6.54 Å². The van der Waals surface area contributed by atoms with Gasteiger partial charge in [0.1, 0.15) is 5.82 Å². The van der Waals surface area contributed by atoms with E-state index >= 15 is 0 Å². The number of hydrogen-bond acceptors (Lipinski definition) is 3. The van der Waals surface area contributed by atoms with Gasteiger partial charge in [-0.15, -0.1) is 0 Å². The lowest BCUT2D eigenvalue weighted by atomic mass is 10.1. The van der Waals surface area contributed by atoms with Gasteiger partial charge in [-0.1, -0.05) is 6.92 Å². The van der Waals surface area contributed by atoms with Crippen molar-refractivity contribution in [3.63, 3.8) is 0 Å². The van der Waals surface area contributed by atoms with Gasteiger partial charge in [-0.05, 0) is 48.4 Å². The minimum absolute atomic E-state index is 0.216. The first-order chi connectivity index (χ1) is 7.79. The molecule has 4 heteroatoms. The summed E-state index contributed by atoms with van der Waals surface area (Å²) >= 11 is 1.48. The first kappa shape index (κ1) is 11.2. The lowest BCUT2D eigenvalue weighted by molar-refractivity contribution is 0.628. The van der Waals surface area contributed by atoms with Crippen molar-refractivity contribution < 1.29 is 4.39 Å². The molecule has 1 aromatic heterocycles. The quantitative estimate of drug-likeness (QED) is 0.882. The summed E-state index contributed by atoms with van der Waals surface area (Å²) in [6, 6.07) is 8.46. The average molecular weight is 236 g/mol. The average Bonchev–Trinajstić information content (AvgIpc) is 2.76. The SMILES string of the molecule is CCNCc1cc(-c2ccc(F)cc2)ns1. The molecule has 84 valence electrons. The van der Waals surface area contributed by atoms with E-state index in [2.05, 4.69) is 16.6 Å². The number of nitrogens with one attached hydrogen (secondary N) is 1. The minimum atomic E-state index is -0.216. The van der Waals surface area contributed by atoms with Gasteiger partial charge < -0.3 is 5.32 Å². The predicted octanol–water partition coefficient (Wildman–Crippen LogP) is 3.06. The molecule has 16 heavy (non-hydrogen) atoms. The van der Waals surface area contributed by atoms with Gasteiger partial charge in [-0.2, -0.15) is 4.37 Å². The monoisotopic (exact) mass is 236 g/mol. The van der Waals surface area contributed by atoms with Crippen LogP contribution in [0.1, 0.15) is 11.8 Å². The van der Waals surface area contributed by atoms with Crippen molar-refractivity contribution in [1.82, 2.24) is 9.69 Å². The Hall–Kier alpha value is -1.26. The van der Waals surface area contributed by atoms with Crippen LogP contribution in [-0.2, 0) is 6.54 Å². The third-order valence-electron chi connectivity index (χ3n) is 2.25. The standard InChI is InChI=1S/C12H13FN2S/c1-2-14-8-11-7-12(15-16-11)9-3-5-10(13)6-4-9/h3-7,14H,2,8H2,1H3. The van der Waals surface area contributed by atoms with Crippen LogP contribution in [0.5, 0.6) is 0 Å². The predicted molar refractivity (Wildman–Crippen MR) is 64.9 cm³/mol. The van der Waals surface area contributed by atoms with Gasteiger partial charge in [-0.25, -0.2) is 4.39 Å². The summed E-state index contributed by atoms with van der Waals surface area (Å²) in [5.41, 5.74) is 1.87. The van der Waals surface area contributed by atoms with Crippen molar-refractivity contribution in [1.29, 1.82) is 0 Å². The van der Waals surface area contributed by atoms with E-state index in [0.29, 0.717) is 0 Å². The molecule has 2 nitrogen and oxygen atoms in total. The number of rotatable bonds is 4. The number of aromatic nitrogens is 1. The van der Waals surface area contributed by atoms with Crippen LogP contribution < -0.4 is 5.32 Å². The molecule has 0 aliphatic carbocycles. The Kier molecular flexibility index (Phi) is 3.64. The molecule has 1 N–H and O–H groups in total. The molecule has 2 aromatic rings. The molecule has 0 fully saturated rings. The van der Waals surface area contributed by atoms with E-state index < -0.39 is 0 Å². The fraction of sp³-hybridized carbons (Fsp3) is 0.250. The third kappa shape index (κ3) is 2.65. The van der Waals surface area contributed by atoms with Crippen LogP contribution in [0.15, 0.2) is 30.3 Å². The lowest BCUT2D eigenvalue weighted by Gasteiger charge is -1.96. The number of benzene rings is 1.